The number of nitrogens with one attached hydrogen (secondary N) is 3. The van der Waals surface area contributed by atoms with Crippen LogP contribution in [0.2, 0.25) is 0 Å². The summed E-state index contributed by atoms with van der Waals surface area (Å²) >= 11 is 0. The summed E-state index contributed by atoms with van der Waals surface area (Å²) in [5.74, 6) is -4.56. The number of likely N-dealkylation sites (tertiary alicyclic amines) is 1. The van der Waals surface area contributed by atoms with Gasteiger partial charge in [-0.05, 0) is 63.4 Å². The molecule has 49 heavy (non-hydrogen) atoms. The van der Waals surface area contributed by atoms with Gasteiger partial charge in [-0.25, -0.2) is 28.3 Å². The number of carboxylic acid groups (broad SMARTS) is 1. The van der Waals surface area contributed by atoms with Crippen molar-refractivity contribution in [2.24, 2.45) is 0 Å². The van der Waals surface area contributed by atoms with Crippen molar-refractivity contribution < 1.29 is 46.2 Å². The fraction of sp³-hybridized carbons (Fsp3) is 0.375. The summed E-state index contributed by atoms with van der Waals surface area (Å²) in [6.07, 6.45) is -3.05. The number of rotatable bonds is 9. The summed E-state index contributed by atoms with van der Waals surface area (Å²) in [7, 11) is 0. The number of benzene rings is 2. The molecule has 0 aliphatic carbocycles. The highest BCUT2D eigenvalue weighted by atomic mass is 19.4. The van der Waals surface area contributed by atoms with Gasteiger partial charge in [0.15, 0.2) is 5.82 Å². The maximum absolute atomic E-state index is 15.0. The Hall–Kier alpha value is -5.35. The first-order valence-corrected chi connectivity index (χ1v) is 15.2. The maximum Gasteiger partial charge on any atom is 0.490 e. The third kappa shape index (κ3) is 8.77. The van der Waals surface area contributed by atoms with E-state index in [9.17, 15) is 36.3 Å². The average molecular weight is 692 g/mol. The second kappa shape index (κ2) is 15.3. The van der Waals surface area contributed by atoms with Crippen LogP contribution in [0.1, 0.15) is 54.6 Å². The molecule has 0 atom stereocenters. The first kappa shape index (κ1) is 36.5. The van der Waals surface area contributed by atoms with Gasteiger partial charge in [-0.3, -0.25) is 9.59 Å². The quantitative estimate of drug-likeness (QED) is 0.174. The third-order valence-corrected chi connectivity index (χ3v) is 7.45. The van der Waals surface area contributed by atoms with Crippen molar-refractivity contribution >= 4 is 41.3 Å². The van der Waals surface area contributed by atoms with Crippen LogP contribution in [0, 0.1) is 18.6 Å². The van der Waals surface area contributed by atoms with Crippen molar-refractivity contribution in [3.63, 3.8) is 0 Å². The molecule has 3 aromatic rings. The van der Waals surface area contributed by atoms with E-state index in [1.54, 1.807) is 18.2 Å². The van der Waals surface area contributed by atoms with Crippen molar-refractivity contribution in [1.82, 2.24) is 25.5 Å². The SMILES string of the molecule is Cc1ccc(C(=O)NC(C)C)cc1-c1nc(NCCCN2CCCC2=O)nc2c1CNC(=O)N2c1c(F)cccc1F.O=C(O)C(F)(F)F. The molecule has 0 saturated carbocycles. The van der Waals surface area contributed by atoms with Crippen LogP contribution in [0.5, 0.6) is 0 Å². The van der Waals surface area contributed by atoms with E-state index in [1.165, 1.54) is 6.07 Å². The van der Waals surface area contributed by atoms with Crippen LogP contribution in [-0.4, -0.2) is 75.6 Å². The minimum atomic E-state index is -5.08. The molecule has 2 aliphatic rings. The van der Waals surface area contributed by atoms with E-state index in [-0.39, 0.29) is 36.2 Å². The van der Waals surface area contributed by atoms with Crippen LogP contribution in [0.4, 0.5) is 44.2 Å². The predicted molar refractivity (Wildman–Crippen MR) is 168 cm³/mol. The van der Waals surface area contributed by atoms with E-state index in [0.29, 0.717) is 48.3 Å². The smallest absolute Gasteiger partial charge is 0.475 e. The Morgan fingerprint density at radius 1 is 1.08 bits per heavy atom. The number of aromatic nitrogens is 2. The van der Waals surface area contributed by atoms with Gasteiger partial charge in [0.05, 0.1) is 12.2 Å². The molecule has 1 saturated heterocycles. The highest BCUT2D eigenvalue weighted by molar-refractivity contribution is 6.02. The van der Waals surface area contributed by atoms with Crippen molar-refractivity contribution in [1.29, 1.82) is 0 Å². The molecule has 0 unspecified atom stereocenters. The number of hydrogen-bond acceptors (Lipinski definition) is 7. The summed E-state index contributed by atoms with van der Waals surface area (Å²) in [5, 5.41) is 15.8. The fourth-order valence-corrected chi connectivity index (χ4v) is 5.15. The fourth-order valence-electron chi connectivity index (χ4n) is 5.15. The van der Waals surface area contributed by atoms with Crippen molar-refractivity contribution in [3.8, 4) is 11.3 Å². The van der Waals surface area contributed by atoms with E-state index in [0.717, 1.165) is 35.6 Å². The van der Waals surface area contributed by atoms with Crippen LogP contribution in [0.25, 0.3) is 11.3 Å². The molecule has 1 aromatic heterocycles. The van der Waals surface area contributed by atoms with Crippen LogP contribution in [-0.2, 0) is 16.1 Å². The normalized spacial score (nSPS) is 14.2. The molecule has 1 fully saturated rings. The molecule has 3 heterocycles. The molecular weight excluding hydrogens is 657 g/mol. The molecule has 2 aromatic carbocycles. The van der Waals surface area contributed by atoms with Gasteiger partial charge in [-0.1, -0.05) is 12.1 Å². The molecule has 0 spiro atoms. The molecule has 17 heteroatoms. The van der Waals surface area contributed by atoms with Gasteiger partial charge in [-0.15, -0.1) is 0 Å². The van der Waals surface area contributed by atoms with E-state index in [4.69, 9.17) is 14.9 Å². The number of para-hydroxylation sites is 1. The minimum absolute atomic E-state index is 0.00921. The largest absolute Gasteiger partial charge is 0.490 e. The lowest BCUT2D eigenvalue weighted by Crippen LogP contribution is -2.43. The molecule has 5 rings (SSSR count). The summed E-state index contributed by atoms with van der Waals surface area (Å²) in [4.78, 5) is 58.8. The summed E-state index contributed by atoms with van der Waals surface area (Å²) in [6, 6.07) is 7.78. The van der Waals surface area contributed by atoms with Crippen LogP contribution >= 0.6 is 0 Å². The second-order valence-electron chi connectivity index (χ2n) is 11.5. The van der Waals surface area contributed by atoms with Crippen LogP contribution in [0.15, 0.2) is 36.4 Å². The van der Waals surface area contributed by atoms with Gasteiger partial charge in [0.2, 0.25) is 11.9 Å². The molecular formula is C32H34F5N7O5. The first-order valence-electron chi connectivity index (χ1n) is 15.2. The lowest BCUT2D eigenvalue weighted by molar-refractivity contribution is -0.192. The summed E-state index contributed by atoms with van der Waals surface area (Å²) in [5.41, 5.74) is 2.13. The Bertz CT molecular complexity index is 1730. The van der Waals surface area contributed by atoms with Gasteiger partial charge < -0.3 is 26.0 Å². The number of aryl methyl sites for hydroxylation is 1. The van der Waals surface area contributed by atoms with Crippen LogP contribution in [0.3, 0.4) is 0 Å². The van der Waals surface area contributed by atoms with E-state index < -0.39 is 35.5 Å². The summed E-state index contributed by atoms with van der Waals surface area (Å²) in [6.45, 7) is 7.33. The molecule has 12 nitrogen and oxygen atoms in total. The van der Waals surface area contributed by atoms with Crippen LogP contribution < -0.4 is 20.9 Å². The number of fused-ring (bicyclic) bond motifs is 1. The maximum atomic E-state index is 15.0. The number of anilines is 3. The predicted octanol–water partition coefficient (Wildman–Crippen LogP) is 5.29. The van der Waals surface area contributed by atoms with E-state index in [1.807, 2.05) is 25.7 Å². The number of amides is 4. The van der Waals surface area contributed by atoms with Crippen molar-refractivity contribution in [3.05, 3.63) is 64.7 Å². The minimum Gasteiger partial charge on any atom is -0.475 e. The van der Waals surface area contributed by atoms with Crippen molar-refractivity contribution in [2.45, 2.75) is 58.8 Å². The molecule has 262 valence electrons. The van der Waals surface area contributed by atoms with Gasteiger partial charge in [0.1, 0.15) is 17.3 Å². The Balaban J connectivity index is 0.000000698. The zero-order valence-electron chi connectivity index (χ0n) is 26.8. The lowest BCUT2D eigenvalue weighted by atomic mass is 9.97. The number of alkyl halides is 3. The third-order valence-electron chi connectivity index (χ3n) is 7.45. The standard InChI is InChI=1S/C30H33F2N7O3.C2HF3O2/c1-17(2)35-28(41)19-11-10-18(3)20(15-19)25-21-16-34-30(42)39(26-22(31)7-4-8-23(26)32)27(21)37-29(36-25)33-12-6-14-38-13-5-9-24(38)40;3-2(4,5)1(6)7/h4,7-8,10-11,15,17H,5-6,9,12-14,16H2,1-3H3,(H,34,42)(H,35,41)(H,33,36,37);(H,6,7). The number of hydrogen-bond donors (Lipinski definition) is 4. The zero-order valence-corrected chi connectivity index (χ0v) is 26.8. The van der Waals surface area contributed by atoms with Gasteiger partial charge in [0.25, 0.3) is 5.91 Å². The molecule has 4 N–H and O–H groups in total. The number of aliphatic carboxylic acids is 1. The molecule has 4 amide bonds. The number of carboxylic acids is 1. The summed E-state index contributed by atoms with van der Waals surface area (Å²) < 4.78 is 61.7. The Kier molecular flexibility index (Phi) is 11.4. The topological polar surface area (TPSA) is 157 Å². The van der Waals surface area contributed by atoms with Gasteiger partial charge >= 0.3 is 18.2 Å². The zero-order chi connectivity index (χ0) is 36.0. The number of urea groups is 1. The highest BCUT2D eigenvalue weighted by Crippen LogP contribution is 2.39. The van der Waals surface area contributed by atoms with E-state index >= 15 is 0 Å². The van der Waals surface area contributed by atoms with Gasteiger partial charge in [-0.2, -0.15) is 18.2 Å². The Morgan fingerprint density at radius 2 is 1.76 bits per heavy atom. The number of halogens is 5. The number of carbonyl (C=O) groups is 4. The molecule has 2 aliphatic heterocycles. The highest BCUT2D eigenvalue weighted by Gasteiger charge is 2.38. The second-order valence-corrected chi connectivity index (χ2v) is 11.5. The monoisotopic (exact) mass is 691 g/mol. The first-order chi connectivity index (χ1) is 23.1. The number of carbonyl (C=O) groups excluding carboxylic acids is 3. The molecule has 0 radical (unpaired) electrons. The molecule has 0 bridgehead atoms. The lowest BCUT2D eigenvalue weighted by Gasteiger charge is -2.31. The Morgan fingerprint density at radius 3 is 2.35 bits per heavy atom. The average Bonchev–Trinajstić information content (AvgIpc) is 3.43. The van der Waals surface area contributed by atoms with Crippen molar-refractivity contribution in [2.75, 3.05) is 29.9 Å². The van der Waals surface area contributed by atoms with E-state index in [2.05, 4.69) is 20.9 Å². The number of nitrogens with zero attached hydrogens (tertiary/aromatic N) is 4. The Labute approximate surface area is 277 Å². The van der Waals surface area contributed by atoms with Gasteiger partial charge in [0, 0.05) is 48.8 Å².